The van der Waals surface area contributed by atoms with E-state index in [-0.39, 0.29) is 6.61 Å². The summed E-state index contributed by atoms with van der Waals surface area (Å²) >= 11 is 0. The van der Waals surface area contributed by atoms with Crippen LogP contribution in [0.1, 0.15) is 28.0 Å². The van der Waals surface area contributed by atoms with Crippen molar-refractivity contribution in [3.63, 3.8) is 0 Å². The number of rotatable bonds is 5. The van der Waals surface area contributed by atoms with Crippen LogP contribution in [0.15, 0.2) is 42.6 Å². The Kier molecular flexibility index (Phi) is 6.47. The zero-order chi connectivity index (χ0) is 17.2. The standard InChI is InChI=1S/C18H18N2O4/c1-23-17(21)16-11-15(12-20-16)9-5-6-10-19-18(22)24-13-14-7-3-2-4-8-14/h2-4,7-8,11-12,20H,6,10,13H2,1H3,(H,19,22). The Morgan fingerprint density at radius 1 is 1.25 bits per heavy atom. The summed E-state index contributed by atoms with van der Waals surface area (Å²) in [7, 11) is 1.32. The van der Waals surface area contributed by atoms with Gasteiger partial charge in [-0.05, 0) is 11.6 Å². The lowest BCUT2D eigenvalue weighted by molar-refractivity contribution is 0.0594. The molecule has 0 aliphatic carbocycles. The zero-order valence-corrected chi connectivity index (χ0v) is 13.3. The Morgan fingerprint density at radius 3 is 2.79 bits per heavy atom. The number of hydrogen-bond donors (Lipinski definition) is 2. The highest BCUT2D eigenvalue weighted by molar-refractivity contribution is 5.87. The fourth-order valence-corrected chi connectivity index (χ4v) is 1.86. The first-order chi connectivity index (χ1) is 11.7. The molecule has 6 heteroatoms. The summed E-state index contributed by atoms with van der Waals surface area (Å²) < 4.78 is 9.67. The van der Waals surface area contributed by atoms with E-state index in [2.05, 4.69) is 26.9 Å². The molecule has 0 bridgehead atoms. The number of nitrogens with one attached hydrogen (secondary N) is 2. The monoisotopic (exact) mass is 326 g/mol. The highest BCUT2D eigenvalue weighted by atomic mass is 16.5. The van der Waals surface area contributed by atoms with Gasteiger partial charge in [0.1, 0.15) is 12.3 Å². The third-order valence-corrected chi connectivity index (χ3v) is 3.05. The molecule has 1 amide bonds. The van der Waals surface area contributed by atoms with Crippen molar-refractivity contribution in [2.75, 3.05) is 13.7 Å². The Bertz CT molecular complexity index is 741. The van der Waals surface area contributed by atoms with Crippen LogP contribution in [-0.4, -0.2) is 30.7 Å². The van der Waals surface area contributed by atoms with Crippen molar-refractivity contribution < 1.29 is 19.1 Å². The third kappa shape index (κ3) is 5.54. The molecular formula is C18H18N2O4. The molecule has 0 aliphatic heterocycles. The van der Waals surface area contributed by atoms with Crippen LogP contribution < -0.4 is 5.32 Å². The van der Waals surface area contributed by atoms with Crippen molar-refractivity contribution >= 4 is 12.1 Å². The molecule has 1 heterocycles. The number of hydrogen-bond acceptors (Lipinski definition) is 4. The molecule has 0 spiro atoms. The van der Waals surface area contributed by atoms with Gasteiger partial charge in [-0.2, -0.15) is 0 Å². The lowest BCUT2D eigenvalue weighted by atomic mass is 10.2. The molecule has 6 nitrogen and oxygen atoms in total. The number of carbonyl (C=O) groups is 2. The quantitative estimate of drug-likeness (QED) is 0.502. The van der Waals surface area contributed by atoms with Gasteiger partial charge in [0, 0.05) is 24.7 Å². The van der Waals surface area contributed by atoms with E-state index in [4.69, 9.17) is 4.74 Å². The van der Waals surface area contributed by atoms with Crippen LogP contribution in [0.2, 0.25) is 0 Å². The maximum absolute atomic E-state index is 11.5. The van der Waals surface area contributed by atoms with Gasteiger partial charge in [0.2, 0.25) is 0 Å². The van der Waals surface area contributed by atoms with E-state index in [0.717, 1.165) is 5.56 Å². The van der Waals surface area contributed by atoms with E-state index in [1.54, 1.807) is 12.3 Å². The van der Waals surface area contributed by atoms with E-state index in [1.807, 2.05) is 30.3 Å². The lowest BCUT2D eigenvalue weighted by Gasteiger charge is -2.05. The van der Waals surface area contributed by atoms with Gasteiger partial charge in [-0.1, -0.05) is 42.2 Å². The van der Waals surface area contributed by atoms with Gasteiger partial charge in [0.05, 0.1) is 7.11 Å². The summed E-state index contributed by atoms with van der Waals surface area (Å²) in [5, 5.41) is 2.63. The van der Waals surface area contributed by atoms with Gasteiger partial charge in [0.25, 0.3) is 0 Å². The molecule has 24 heavy (non-hydrogen) atoms. The van der Waals surface area contributed by atoms with Crippen molar-refractivity contribution in [3.8, 4) is 11.8 Å². The van der Waals surface area contributed by atoms with Crippen molar-refractivity contribution in [3.05, 3.63) is 59.4 Å². The smallest absolute Gasteiger partial charge is 0.407 e. The summed E-state index contributed by atoms with van der Waals surface area (Å²) in [5.74, 6) is 5.36. The van der Waals surface area contributed by atoms with Crippen LogP contribution in [-0.2, 0) is 16.1 Å². The fraction of sp³-hybridized carbons (Fsp3) is 0.222. The molecule has 0 radical (unpaired) electrons. The van der Waals surface area contributed by atoms with Crippen LogP contribution in [0.25, 0.3) is 0 Å². The first-order valence-corrected chi connectivity index (χ1v) is 7.39. The number of H-pyrrole nitrogens is 1. The normalized spacial score (nSPS) is 9.54. The highest BCUT2D eigenvalue weighted by Crippen LogP contribution is 2.03. The summed E-state index contributed by atoms with van der Waals surface area (Å²) in [6, 6.07) is 11.1. The summed E-state index contributed by atoms with van der Waals surface area (Å²) in [6.07, 6.45) is 1.62. The number of esters is 1. The minimum Gasteiger partial charge on any atom is -0.464 e. The number of alkyl carbamates (subject to hydrolysis) is 1. The number of ether oxygens (including phenoxy) is 2. The number of methoxy groups -OCH3 is 1. The first-order valence-electron chi connectivity index (χ1n) is 7.39. The van der Waals surface area contributed by atoms with Gasteiger partial charge < -0.3 is 19.8 Å². The molecular weight excluding hydrogens is 308 g/mol. The second-order valence-corrected chi connectivity index (χ2v) is 4.83. The molecule has 0 saturated heterocycles. The van der Waals surface area contributed by atoms with Crippen LogP contribution in [0.3, 0.4) is 0 Å². The fourth-order valence-electron chi connectivity index (χ4n) is 1.86. The topological polar surface area (TPSA) is 80.4 Å². The molecule has 2 N–H and O–H groups in total. The number of amides is 1. The summed E-state index contributed by atoms with van der Waals surface area (Å²) in [4.78, 5) is 25.6. The predicted octanol–water partition coefficient (Wildman–Crippen LogP) is 2.47. The van der Waals surface area contributed by atoms with Crippen molar-refractivity contribution in [1.29, 1.82) is 0 Å². The average Bonchev–Trinajstić information content (AvgIpc) is 3.09. The van der Waals surface area contributed by atoms with Crippen LogP contribution in [0.4, 0.5) is 4.79 Å². The van der Waals surface area contributed by atoms with Crippen LogP contribution >= 0.6 is 0 Å². The second-order valence-electron chi connectivity index (χ2n) is 4.83. The van der Waals surface area contributed by atoms with E-state index in [9.17, 15) is 9.59 Å². The van der Waals surface area contributed by atoms with E-state index in [0.29, 0.717) is 24.2 Å². The predicted molar refractivity (Wildman–Crippen MR) is 88.3 cm³/mol. The molecule has 0 saturated carbocycles. The number of benzene rings is 1. The Labute approximate surface area is 140 Å². The lowest BCUT2D eigenvalue weighted by Crippen LogP contribution is -2.24. The molecule has 0 unspecified atom stereocenters. The van der Waals surface area contributed by atoms with Crippen molar-refractivity contribution in [1.82, 2.24) is 10.3 Å². The van der Waals surface area contributed by atoms with Crippen molar-refractivity contribution in [2.24, 2.45) is 0 Å². The van der Waals surface area contributed by atoms with Gasteiger partial charge in [-0.15, -0.1) is 0 Å². The number of aromatic nitrogens is 1. The molecule has 1 aromatic carbocycles. The van der Waals surface area contributed by atoms with Crippen molar-refractivity contribution in [2.45, 2.75) is 13.0 Å². The van der Waals surface area contributed by atoms with Crippen LogP contribution in [0.5, 0.6) is 0 Å². The second kappa shape index (κ2) is 9.06. The summed E-state index contributed by atoms with van der Waals surface area (Å²) in [6.45, 7) is 0.618. The Hall–Kier alpha value is -3.20. The summed E-state index contributed by atoms with van der Waals surface area (Å²) in [5.41, 5.74) is 1.97. The molecule has 2 rings (SSSR count). The maximum atomic E-state index is 11.5. The molecule has 0 aliphatic rings. The van der Waals surface area contributed by atoms with Gasteiger partial charge in [-0.3, -0.25) is 0 Å². The molecule has 1 aromatic heterocycles. The molecule has 2 aromatic rings. The van der Waals surface area contributed by atoms with E-state index >= 15 is 0 Å². The molecule has 0 atom stereocenters. The zero-order valence-electron chi connectivity index (χ0n) is 13.3. The van der Waals surface area contributed by atoms with Gasteiger partial charge in [-0.25, -0.2) is 9.59 Å². The first kappa shape index (κ1) is 17.2. The van der Waals surface area contributed by atoms with Gasteiger partial charge in [0.15, 0.2) is 0 Å². The van der Waals surface area contributed by atoms with E-state index < -0.39 is 12.1 Å². The molecule has 124 valence electrons. The minimum absolute atomic E-state index is 0.234. The molecule has 0 fully saturated rings. The minimum atomic E-state index is -0.477. The average molecular weight is 326 g/mol. The Balaban J connectivity index is 1.67. The third-order valence-electron chi connectivity index (χ3n) is 3.05. The Morgan fingerprint density at radius 2 is 2.04 bits per heavy atom. The number of aromatic amines is 1. The number of carbonyl (C=O) groups excluding carboxylic acids is 2. The largest absolute Gasteiger partial charge is 0.464 e. The SMILES string of the molecule is COC(=O)c1cc(C#CCCNC(=O)OCc2ccccc2)c[nH]1. The van der Waals surface area contributed by atoms with Gasteiger partial charge >= 0.3 is 12.1 Å². The van der Waals surface area contributed by atoms with E-state index in [1.165, 1.54) is 7.11 Å². The van der Waals surface area contributed by atoms with Crippen LogP contribution in [0, 0.1) is 11.8 Å². The highest BCUT2D eigenvalue weighted by Gasteiger charge is 2.06. The maximum Gasteiger partial charge on any atom is 0.407 e.